The molecule has 1 aliphatic heterocycles. The van der Waals surface area contributed by atoms with Crippen molar-refractivity contribution in [1.82, 2.24) is 4.31 Å². The summed E-state index contributed by atoms with van der Waals surface area (Å²) in [6, 6.07) is 9.23. The number of amidine groups is 1. The highest BCUT2D eigenvalue weighted by Crippen LogP contribution is 2.20. The third kappa shape index (κ3) is 2.26. The molecule has 1 aliphatic rings. The summed E-state index contributed by atoms with van der Waals surface area (Å²) in [4.78, 5) is 4.81. The molecule has 0 saturated heterocycles. The minimum Gasteiger partial charge on any atom is -0.246 e. The summed E-state index contributed by atoms with van der Waals surface area (Å²) in [5, 5.41) is 0. The van der Waals surface area contributed by atoms with Gasteiger partial charge in [-0.15, -0.1) is 0 Å². The lowest BCUT2D eigenvalue weighted by Crippen LogP contribution is -2.24. The van der Waals surface area contributed by atoms with Crippen LogP contribution < -0.4 is 0 Å². The average molecular weight is 244 g/mol. The first-order valence-electron chi connectivity index (χ1n) is 5.06. The van der Waals surface area contributed by atoms with Gasteiger partial charge in [0.25, 0.3) is 0 Å². The summed E-state index contributed by atoms with van der Waals surface area (Å²) < 4.78 is 13.9. The molecule has 0 bridgehead atoms. The lowest BCUT2D eigenvalue weighted by Gasteiger charge is -2.15. The fraction of sp³-hybridized carbons (Fsp3) is 0. The van der Waals surface area contributed by atoms with Crippen LogP contribution >= 0.6 is 0 Å². The van der Waals surface area contributed by atoms with E-state index in [2.05, 4.69) is 18.2 Å². The van der Waals surface area contributed by atoms with Crippen LogP contribution in [-0.4, -0.2) is 14.3 Å². The Bertz CT molecular complexity index is 532. The maximum absolute atomic E-state index is 12.3. The van der Waals surface area contributed by atoms with Crippen molar-refractivity contribution in [3.63, 3.8) is 0 Å². The Labute approximate surface area is 103 Å². The van der Waals surface area contributed by atoms with Crippen LogP contribution in [-0.2, 0) is 11.0 Å². The molecule has 1 aromatic carbocycles. The quantitative estimate of drug-likeness (QED) is 0.804. The fourth-order valence-electron chi connectivity index (χ4n) is 1.45. The largest absolute Gasteiger partial charge is 0.246 e. The minimum absolute atomic E-state index is 0.571. The van der Waals surface area contributed by atoms with E-state index < -0.39 is 11.0 Å². The van der Waals surface area contributed by atoms with E-state index in [4.69, 9.17) is 0 Å². The number of aliphatic imine (C=N–C) groups is 1. The summed E-state index contributed by atoms with van der Waals surface area (Å²) in [6.45, 7) is 7.38. The molecule has 17 heavy (non-hydrogen) atoms. The Balaban J connectivity index is 2.33. The molecule has 86 valence electrons. The number of rotatable bonds is 3. The Morgan fingerprint density at radius 3 is 2.65 bits per heavy atom. The van der Waals surface area contributed by atoms with Crippen LogP contribution in [0.3, 0.4) is 0 Å². The lowest BCUT2D eigenvalue weighted by atomic mass is 10.3. The molecule has 0 radical (unpaired) electrons. The van der Waals surface area contributed by atoms with Crippen molar-refractivity contribution >= 4 is 16.8 Å². The van der Waals surface area contributed by atoms with E-state index in [1.54, 1.807) is 16.6 Å². The predicted molar refractivity (Wildman–Crippen MR) is 70.6 cm³/mol. The minimum atomic E-state index is -1.30. The predicted octanol–water partition coefficient (Wildman–Crippen LogP) is 2.64. The van der Waals surface area contributed by atoms with E-state index in [9.17, 15) is 4.21 Å². The van der Waals surface area contributed by atoms with Crippen LogP contribution in [0.1, 0.15) is 0 Å². The van der Waals surface area contributed by atoms with Gasteiger partial charge in [0.1, 0.15) is 0 Å². The highest BCUT2D eigenvalue weighted by atomic mass is 32.2. The topological polar surface area (TPSA) is 32.7 Å². The van der Waals surface area contributed by atoms with E-state index >= 15 is 0 Å². The van der Waals surface area contributed by atoms with Crippen molar-refractivity contribution < 1.29 is 4.21 Å². The van der Waals surface area contributed by atoms with Crippen LogP contribution in [0.2, 0.25) is 0 Å². The first-order valence-corrected chi connectivity index (χ1v) is 6.17. The van der Waals surface area contributed by atoms with Crippen molar-refractivity contribution in [2.24, 2.45) is 4.99 Å². The highest BCUT2D eigenvalue weighted by molar-refractivity contribution is 7.83. The van der Waals surface area contributed by atoms with Gasteiger partial charge >= 0.3 is 0 Å². The first kappa shape index (κ1) is 11.5. The van der Waals surface area contributed by atoms with Gasteiger partial charge in [-0.05, 0) is 18.2 Å². The molecule has 1 atom stereocenters. The maximum atomic E-state index is 12.3. The van der Waals surface area contributed by atoms with Gasteiger partial charge in [-0.1, -0.05) is 31.4 Å². The van der Waals surface area contributed by atoms with Crippen molar-refractivity contribution in [2.45, 2.75) is 4.90 Å². The number of benzene rings is 1. The number of hydrogen-bond acceptors (Lipinski definition) is 2. The molecular weight excluding hydrogens is 232 g/mol. The van der Waals surface area contributed by atoms with E-state index in [1.807, 2.05) is 30.3 Å². The molecule has 1 heterocycles. The Kier molecular flexibility index (Phi) is 3.35. The molecule has 4 heteroatoms. The molecule has 0 aliphatic carbocycles. The highest BCUT2D eigenvalue weighted by Gasteiger charge is 2.22. The van der Waals surface area contributed by atoms with Gasteiger partial charge in [-0.2, -0.15) is 0 Å². The first-order chi connectivity index (χ1) is 8.24. The zero-order valence-electron chi connectivity index (χ0n) is 9.24. The van der Waals surface area contributed by atoms with Gasteiger partial charge in [-0.3, -0.25) is 0 Å². The van der Waals surface area contributed by atoms with Crippen LogP contribution in [0.5, 0.6) is 0 Å². The zero-order chi connectivity index (χ0) is 12.3. The molecule has 0 amide bonds. The van der Waals surface area contributed by atoms with Crippen LogP contribution in [0, 0.1) is 0 Å². The van der Waals surface area contributed by atoms with Gasteiger partial charge in [0.05, 0.1) is 4.90 Å². The molecular formula is C13H12N2OS. The molecule has 0 fully saturated rings. The summed E-state index contributed by atoms with van der Waals surface area (Å²) in [6.07, 6.45) is 4.92. The number of nitrogens with zero attached hydrogens (tertiary/aromatic N) is 2. The molecule has 3 nitrogen and oxygen atoms in total. The van der Waals surface area contributed by atoms with Gasteiger partial charge in [0, 0.05) is 18.0 Å². The van der Waals surface area contributed by atoms with E-state index in [-0.39, 0.29) is 0 Å². The third-order valence-electron chi connectivity index (χ3n) is 2.24. The Morgan fingerprint density at radius 1 is 1.29 bits per heavy atom. The molecule has 0 N–H and O–H groups in total. The molecule has 0 saturated carbocycles. The zero-order valence-corrected chi connectivity index (χ0v) is 10.1. The molecule has 0 aromatic heterocycles. The van der Waals surface area contributed by atoms with Crippen LogP contribution in [0.4, 0.5) is 0 Å². The molecule has 1 aromatic rings. The summed E-state index contributed by atoms with van der Waals surface area (Å²) in [5.74, 6) is 0.571. The summed E-state index contributed by atoms with van der Waals surface area (Å²) >= 11 is 0. The standard InChI is InChI=1S/C13H12N2OS/c1-3-14-13-11(2)9-10-15(13)17(16)12-7-5-4-6-8-12/h3-10H,1-2H2. The normalized spacial score (nSPS) is 18.7. The van der Waals surface area contributed by atoms with Gasteiger partial charge in [0.15, 0.2) is 16.8 Å². The second-order valence-corrected chi connectivity index (χ2v) is 4.73. The molecule has 0 spiro atoms. The number of hydrogen-bond donors (Lipinski definition) is 0. The smallest absolute Gasteiger partial charge is 0.158 e. The van der Waals surface area contributed by atoms with E-state index in [0.29, 0.717) is 5.84 Å². The van der Waals surface area contributed by atoms with Crippen LogP contribution in [0.25, 0.3) is 0 Å². The maximum Gasteiger partial charge on any atom is 0.158 e. The van der Waals surface area contributed by atoms with Gasteiger partial charge < -0.3 is 0 Å². The van der Waals surface area contributed by atoms with Crippen molar-refractivity contribution in [1.29, 1.82) is 0 Å². The Morgan fingerprint density at radius 2 is 2.00 bits per heavy atom. The average Bonchev–Trinajstić information content (AvgIpc) is 2.72. The Hall–Kier alpha value is -1.94. The van der Waals surface area contributed by atoms with E-state index in [0.717, 1.165) is 10.5 Å². The fourth-order valence-corrected chi connectivity index (χ4v) is 2.56. The van der Waals surface area contributed by atoms with Crippen molar-refractivity contribution in [3.05, 3.63) is 67.5 Å². The SMILES string of the molecule is C=CN=C1C(=C)C=CN1S(=O)c1ccccc1. The second kappa shape index (κ2) is 4.93. The van der Waals surface area contributed by atoms with Gasteiger partial charge in [-0.25, -0.2) is 13.5 Å². The molecule has 2 rings (SSSR count). The van der Waals surface area contributed by atoms with Crippen LogP contribution in [0.15, 0.2) is 77.4 Å². The third-order valence-corrected chi connectivity index (χ3v) is 3.57. The molecule has 1 unspecified atom stereocenters. The van der Waals surface area contributed by atoms with Gasteiger partial charge in [0.2, 0.25) is 0 Å². The summed E-state index contributed by atoms with van der Waals surface area (Å²) in [7, 11) is -1.30. The van der Waals surface area contributed by atoms with Crippen molar-refractivity contribution in [2.75, 3.05) is 0 Å². The van der Waals surface area contributed by atoms with E-state index in [1.165, 1.54) is 6.20 Å². The summed E-state index contributed by atoms with van der Waals surface area (Å²) in [5.41, 5.74) is 0.731. The lowest BCUT2D eigenvalue weighted by molar-refractivity contribution is 0.658. The monoisotopic (exact) mass is 244 g/mol. The second-order valence-electron chi connectivity index (χ2n) is 3.36. The van der Waals surface area contributed by atoms with Crippen molar-refractivity contribution in [3.8, 4) is 0 Å².